The highest BCUT2D eigenvalue weighted by Crippen LogP contribution is 2.55. The van der Waals surface area contributed by atoms with E-state index in [9.17, 15) is 0 Å². The van der Waals surface area contributed by atoms with Gasteiger partial charge in [-0.3, -0.25) is 0 Å². The van der Waals surface area contributed by atoms with Gasteiger partial charge in [0, 0.05) is 11.0 Å². The zero-order valence-corrected chi connectivity index (χ0v) is 11.0. The van der Waals surface area contributed by atoms with Gasteiger partial charge in [-0.05, 0) is 32.3 Å². The van der Waals surface area contributed by atoms with E-state index in [1.165, 1.54) is 53.8 Å². The van der Waals surface area contributed by atoms with E-state index < -0.39 is 0 Å². The van der Waals surface area contributed by atoms with Crippen molar-refractivity contribution in [1.29, 1.82) is 0 Å². The van der Waals surface area contributed by atoms with Crippen LogP contribution in [0.15, 0.2) is 18.2 Å². The standard InChI is InChI=1S/C16H18N2/c1-10-5-6-12-13(9-10)16(7-3-4-8-16)15-14(12)17-11(2)18-15/h5-6,9H,3-4,7-8H2,1-2H3,(H,17,18). The molecular formula is C16H18N2. The maximum Gasteiger partial charge on any atom is 0.103 e. The van der Waals surface area contributed by atoms with Crippen LogP contribution in [0.3, 0.4) is 0 Å². The smallest absolute Gasteiger partial charge is 0.103 e. The molecule has 1 saturated carbocycles. The summed E-state index contributed by atoms with van der Waals surface area (Å²) < 4.78 is 0. The number of hydrogen-bond donors (Lipinski definition) is 1. The molecule has 1 N–H and O–H groups in total. The van der Waals surface area contributed by atoms with Crippen LogP contribution in [0.2, 0.25) is 0 Å². The highest BCUT2D eigenvalue weighted by atomic mass is 15.0. The first kappa shape index (κ1) is 10.4. The molecule has 2 aliphatic rings. The summed E-state index contributed by atoms with van der Waals surface area (Å²) in [7, 11) is 0. The molecule has 1 aromatic carbocycles. The number of imidazole rings is 1. The third-order valence-electron chi connectivity index (χ3n) is 4.70. The molecule has 2 aromatic rings. The van der Waals surface area contributed by atoms with E-state index in [1.807, 2.05) is 0 Å². The van der Waals surface area contributed by atoms with E-state index in [0.717, 1.165) is 5.82 Å². The first-order valence-corrected chi connectivity index (χ1v) is 6.89. The maximum atomic E-state index is 4.73. The first-order valence-electron chi connectivity index (χ1n) is 6.89. The number of hydrogen-bond acceptors (Lipinski definition) is 1. The summed E-state index contributed by atoms with van der Waals surface area (Å²) in [5, 5.41) is 0. The number of rotatable bonds is 0. The van der Waals surface area contributed by atoms with Crippen molar-refractivity contribution in [1.82, 2.24) is 9.97 Å². The number of H-pyrrole nitrogens is 1. The number of aromatic amines is 1. The number of aryl methyl sites for hydroxylation is 2. The van der Waals surface area contributed by atoms with E-state index >= 15 is 0 Å². The van der Waals surface area contributed by atoms with Crippen molar-refractivity contribution in [3.05, 3.63) is 40.8 Å². The molecule has 0 unspecified atom stereocenters. The predicted molar refractivity (Wildman–Crippen MR) is 72.7 cm³/mol. The topological polar surface area (TPSA) is 28.7 Å². The van der Waals surface area contributed by atoms with Crippen molar-refractivity contribution in [2.75, 3.05) is 0 Å². The van der Waals surface area contributed by atoms with Gasteiger partial charge in [0.15, 0.2) is 0 Å². The monoisotopic (exact) mass is 238 g/mol. The molecule has 1 heterocycles. The van der Waals surface area contributed by atoms with Crippen molar-refractivity contribution in [3.63, 3.8) is 0 Å². The second kappa shape index (κ2) is 3.25. The lowest BCUT2D eigenvalue weighted by Crippen LogP contribution is -2.21. The van der Waals surface area contributed by atoms with Crippen molar-refractivity contribution in [2.45, 2.75) is 44.9 Å². The second-order valence-corrected chi connectivity index (χ2v) is 5.88. The fourth-order valence-electron chi connectivity index (χ4n) is 3.93. The van der Waals surface area contributed by atoms with Gasteiger partial charge in [-0.25, -0.2) is 4.98 Å². The highest BCUT2D eigenvalue weighted by molar-refractivity contribution is 5.77. The van der Waals surface area contributed by atoms with Crippen LogP contribution >= 0.6 is 0 Å². The Hall–Kier alpha value is -1.57. The Labute approximate surface area is 107 Å². The van der Waals surface area contributed by atoms with Crippen LogP contribution in [-0.2, 0) is 5.41 Å². The molecule has 1 spiro atoms. The number of nitrogens with one attached hydrogen (secondary N) is 1. The van der Waals surface area contributed by atoms with Crippen molar-refractivity contribution in [2.24, 2.45) is 0 Å². The van der Waals surface area contributed by atoms with Gasteiger partial charge >= 0.3 is 0 Å². The zero-order valence-electron chi connectivity index (χ0n) is 11.0. The van der Waals surface area contributed by atoms with Gasteiger partial charge < -0.3 is 4.98 Å². The van der Waals surface area contributed by atoms with E-state index in [2.05, 4.69) is 37.0 Å². The summed E-state index contributed by atoms with van der Waals surface area (Å²) in [6.07, 6.45) is 5.23. The van der Waals surface area contributed by atoms with E-state index in [4.69, 9.17) is 4.98 Å². The molecule has 92 valence electrons. The SMILES string of the molecule is Cc1ccc2c(c1)C1(CCCC1)c1[nH]c(C)nc1-2. The highest BCUT2D eigenvalue weighted by Gasteiger charge is 2.47. The molecule has 0 radical (unpaired) electrons. The second-order valence-electron chi connectivity index (χ2n) is 5.88. The van der Waals surface area contributed by atoms with E-state index in [-0.39, 0.29) is 5.41 Å². The Bertz CT molecular complexity index is 631. The molecule has 1 aromatic heterocycles. The molecule has 0 bridgehead atoms. The molecule has 0 aliphatic heterocycles. The average Bonchev–Trinajstić information content (AvgIpc) is 3.00. The normalized spacial score (nSPS) is 19.2. The van der Waals surface area contributed by atoms with Gasteiger partial charge in [-0.15, -0.1) is 0 Å². The molecule has 2 heteroatoms. The Balaban J connectivity index is 2.07. The van der Waals surface area contributed by atoms with Gasteiger partial charge in [0.1, 0.15) is 5.82 Å². The molecule has 18 heavy (non-hydrogen) atoms. The molecule has 4 rings (SSSR count). The number of aromatic nitrogens is 2. The van der Waals surface area contributed by atoms with Crippen LogP contribution in [-0.4, -0.2) is 9.97 Å². The minimum absolute atomic E-state index is 0.248. The van der Waals surface area contributed by atoms with Crippen LogP contribution in [0.4, 0.5) is 0 Å². The number of nitrogens with zero attached hydrogens (tertiary/aromatic N) is 1. The minimum atomic E-state index is 0.248. The molecule has 2 nitrogen and oxygen atoms in total. The molecule has 1 fully saturated rings. The van der Waals surface area contributed by atoms with Crippen molar-refractivity contribution >= 4 is 0 Å². The minimum Gasteiger partial charge on any atom is -0.345 e. The first-order chi connectivity index (χ1) is 8.71. The molecule has 0 atom stereocenters. The Morgan fingerprint density at radius 3 is 2.72 bits per heavy atom. The zero-order chi connectivity index (χ0) is 12.3. The van der Waals surface area contributed by atoms with Crippen molar-refractivity contribution < 1.29 is 0 Å². The van der Waals surface area contributed by atoms with Crippen LogP contribution in [0, 0.1) is 13.8 Å². The van der Waals surface area contributed by atoms with Crippen LogP contribution in [0.1, 0.15) is 48.3 Å². The fourth-order valence-corrected chi connectivity index (χ4v) is 3.93. The third-order valence-corrected chi connectivity index (χ3v) is 4.70. The Kier molecular flexibility index (Phi) is 1.87. The van der Waals surface area contributed by atoms with E-state index in [0.29, 0.717) is 0 Å². The van der Waals surface area contributed by atoms with Crippen LogP contribution in [0.25, 0.3) is 11.3 Å². The summed E-state index contributed by atoms with van der Waals surface area (Å²) in [4.78, 5) is 8.27. The average molecular weight is 238 g/mol. The maximum absolute atomic E-state index is 4.73. The van der Waals surface area contributed by atoms with Crippen molar-refractivity contribution in [3.8, 4) is 11.3 Å². The Morgan fingerprint density at radius 2 is 1.94 bits per heavy atom. The largest absolute Gasteiger partial charge is 0.345 e. The lowest BCUT2D eigenvalue weighted by Gasteiger charge is -2.25. The fraction of sp³-hybridized carbons (Fsp3) is 0.438. The molecule has 2 aliphatic carbocycles. The molecular weight excluding hydrogens is 220 g/mol. The summed E-state index contributed by atoms with van der Waals surface area (Å²) in [6.45, 7) is 4.25. The van der Waals surface area contributed by atoms with Gasteiger partial charge in [0.2, 0.25) is 0 Å². The van der Waals surface area contributed by atoms with Gasteiger partial charge in [0.05, 0.1) is 11.4 Å². The van der Waals surface area contributed by atoms with E-state index in [1.54, 1.807) is 0 Å². The van der Waals surface area contributed by atoms with Crippen LogP contribution < -0.4 is 0 Å². The summed E-state index contributed by atoms with van der Waals surface area (Å²) >= 11 is 0. The lowest BCUT2D eigenvalue weighted by molar-refractivity contribution is 0.534. The Morgan fingerprint density at radius 1 is 1.17 bits per heavy atom. The molecule has 0 saturated heterocycles. The summed E-state index contributed by atoms with van der Waals surface area (Å²) in [6, 6.07) is 6.85. The van der Waals surface area contributed by atoms with Gasteiger partial charge in [0.25, 0.3) is 0 Å². The predicted octanol–water partition coefficient (Wildman–Crippen LogP) is 3.87. The summed E-state index contributed by atoms with van der Waals surface area (Å²) in [5.74, 6) is 1.05. The molecule has 0 amide bonds. The number of benzene rings is 1. The van der Waals surface area contributed by atoms with Crippen LogP contribution in [0.5, 0.6) is 0 Å². The number of fused-ring (bicyclic) bond motifs is 5. The third kappa shape index (κ3) is 1.11. The van der Waals surface area contributed by atoms with Gasteiger partial charge in [-0.1, -0.05) is 36.6 Å². The quantitative estimate of drug-likeness (QED) is 0.741. The lowest BCUT2D eigenvalue weighted by atomic mass is 9.79. The van der Waals surface area contributed by atoms with Gasteiger partial charge in [-0.2, -0.15) is 0 Å². The summed E-state index contributed by atoms with van der Waals surface area (Å²) in [5.41, 5.74) is 7.10.